The van der Waals surface area contributed by atoms with Gasteiger partial charge in [0.25, 0.3) is 0 Å². The van der Waals surface area contributed by atoms with Crippen LogP contribution in [0.15, 0.2) is 42.5 Å². The van der Waals surface area contributed by atoms with Crippen molar-refractivity contribution in [3.8, 4) is 6.07 Å². The number of nitrogens with zero attached hydrogens (tertiary/aromatic N) is 1. The van der Waals surface area contributed by atoms with Crippen LogP contribution in [0.1, 0.15) is 22.3 Å². The zero-order valence-corrected chi connectivity index (χ0v) is 11.2. The topological polar surface area (TPSA) is 23.8 Å². The van der Waals surface area contributed by atoms with E-state index in [1.807, 2.05) is 12.1 Å². The molecule has 0 saturated carbocycles. The summed E-state index contributed by atoms with van der Waals surface area (Å²) in [5.74, 6) is 0. The zero-order valence-electron chi connectivity index (χ0n) is 11.2. The van der Waals surface area contributed by atoms with Crippen LogP contribution in [-0.4, -0.2) is 6.71 Å². The molecule has 0 saturated heterocycles. The van der Waals surface area contributed by atoms with E-state index in [1.54, 1.807) is 0 Å². The molecule has 3 rings (SSSR count). The second kappa shape index (κ2) is 4.94. The van der Waals surface area contributed by atoms with Gasteiger partial charge in [-0.1, -0.05) is 54.5 Å². The summed E-state index contributed by atoms with van der Waals surface area (Å²) in [6.07, 6.45) is 3.46. The first kappa shape index (κ1) is 12.1. The fraction of sp³-hybridized carbons (Fsp3) is 0.235. The SMILES string of the molecule is CB1CCc2cc(Cc3ccc(C#N)cc3)ccc21. The molecule has 2 aromatic rings. The van der Waals surface area contributed by atoms with Crippen molar-refractivity contribution in [3.05, 3.63) is 64.7 Å². The number of benzene rings is 2. The number of hydrogen-bond donors (Lipinski definition) is 0. The molecule has 0 unspecified atom stereocenters. The Bertz CT molecular complexity index is 637. The van der Waals surface area contributed by atoms with Crippen LogP contribution >= 0.6 is 0 Å². The molecule has 0 bridgehead atoms. The number of nitriles is 1. The summed E-state index contributed by atoms with van der Waals surface area (Å²) in [6, 6.07) is 16.9. The molecule has 0 spiro atoms. The minimum absolute atomic E-state index is 0.721. The van der Waals surface area contributed by atoms with Gasteiger partial charge in [-0.25, -0.2) is 0 Å². The fourth-order valence-electron chi connectivity index (χ4n) is 2.93. The molecule has 92 valence electrons. The quantitative estimate of drug-likeness (QED) is 0.746. The van der Waals surface area contributed by atoms with Crippen molar-refractivity contribution in [2.45, 2.75) is 26.0 Å². The fourth-order valence-corrected chi connectivity index (χ4v) is 2.93. The third kappa shape index (κ3) is 2.42. The van der Waals surface area contributed by atoms with Crippen LogP contribution in [0.5, 0.6) is 0 Å². The van der Waals surface area contributed by atoms with Crippen molar-refractivity contribution in [1.29, 1.82) is 5.26 Å². The molecular weight excluding hydrogens is 229 g/mol. The molecule has 1 aliphatic rings. The maximum absolute atomic E-state index is 8.80. The average molecular weight is 245 g/mol. The second-order valence-corrected chi connectivity index (χ2v) is 5.46. The summed E-state index contributed by atoms with van der Waals surface area (Å²) >= 11 is 0. The van der Waals surface area contributed by atoms with Gasteiger partial charge in [-0.3, -0.25) is 0 Å². The third-order valence-corrected chi connectivity index (χ3v) is 4.08. The molecule has 0 radical (unpaired) electrons. The van der Waals surface area contributed by atoms with E-state index < -0.39 is 0 Å². The number of rotatable bonds is 2. The van der Waals surface area contributed by atoms with Gasteiger partial charge < -0.3 is 0 Å². The minimum Gasteiger partial charge on any atom is -0.192 e. The van der Waals surface area contributed by atoms with Gasteiger partial charge in [0.15, 0.2) is 6.71 Å². The molecule has 1 nitrogen and oxygen atoms in total. The molecule has 0 atom stereocenters. The maximum Gasteiger partial charge on any atom is 0.173 e. The van der Waals surface area contributed by atoms with Crippen molar-refractivity contribution < 1.29 is 0 Å². The average Bonchev–Trinajstić information content (AvgIpc) is 2.81. The first-order valence-corrected chi connectivity index (χ1v) is 6.87. The Balaban J connectivity index is 1.82. The minimum atomic E-state index is 0.721. The van der Waals surface area contributed by atoms with Crippen LogP contribution in [-0.2, 0) is 12.8 Å². The van der Waals surface area contributed by atoms with E-state index in [1.165, 1.54) is 34.9 Å². The Kier molecular flexibility index (Phi) is 3.13. The lowest BCUT2D eigenvalue weighted by Gasteiger charge is -2.07. The molecule has 0 fully saturated rings. The van der Waals surface area contributed by atoms with Crippen molar-refractivity contribution in [2.75, 3.05) is 0 Å². The lowest BCUT2D eigenvalue weighted by Crippen LogP contribution is -2.22. The monoisotopic (exact) mass is 245 g/mol. The molecule has 0 aliphatic carbocycles. The zero-order chi connectivity index (χ0) is 13.2. The normalized spacial score (nSPS) is 13.2. The number of aryl methyl sites for hydroxylation is 1. The van der Waals surface area contributed by atoms with E-state index in [2.05, 4.69) is 43.2 Å². The van der Waals surface area contributed by atoms with Gasteiger partial charge in [0, 0.05) is 0 Å². The Morgan fingerprint density at radius 1 is 1.11 bits per heavy atom. The Morgan fingerprint density at radius 2 is 1.84 bits per heavy atom. The summed E-state index contributed by atoms with van der Waals surface area (Å²) in [5, 5.41) is 8.80. The van der Waals surface area contributed by atoms with Crippen molar-refractivity contribution in [3.63, 3.8) is 0 Å². The van der Waals surface area contributed by atoms with Crippen molar-refractivity contribution >= 4 is 12.2 Å². The third-order valence-electron chi connectivity index (χ3n) is 4.08. The maximum atomic E-state index is 8.80. The van der Waals surface area contributed by atoms with Gasteiger partial charge in [0.05, 0.1) is 11.6 Å². The molecule has 1 aliphatic heterocycles. The van der Waals surface area contributed by atoms with Crippen LogP contribution in [0, 0.1) is 11.3 Å². The Hall–Kier alpha value is -2.01. The van der Waals surface area contributed by atoms with E-state index in [4.69, 9.17) is 5.26 Å². The highest BCUT2D eigenvalue weighted by molar-refractivity contribution is 6.73. The molecule has 0 aromatic heterocycles. The lowest BCUT2D eigenvalue weighted by atomic mass is 9.48. The van der Waals surface area contributed by atoms with Crippen LogP contribution in [0.3, 0.4) is 0 Å². The smallest absolute Gasteiger partial charge is 0.173 e. The highest BCUT2D eigenvalue weighted by Gasteiger charge is 2.21. The predicted molar refractivity (Wildman–Crippen MR) is 80.2 cm³/mol. The molecule has 0 amide bonds. The van der Waals surface area contributed by atoms with Gasteiger partial charge in [0.1, 0.15) is 0 Å². The summed E-state index contributed by atoms with van der Waals surface area (Å²) < 4.78 is 0. The first-order valence-electron chi connectivity index (χ1n) is 6.87. The van der Waals surface area contributed by atoms with Gasteiger partial charge in [0.2, 0.25) is 0 Å². The second-order valence-electron chi connectivity index (χ2n) is 5.46. The largest absolute Gasteiger partial charge is 0.192 e. The number of hydrogen-bond acceptors (Lipinski definition) is 1. The molecule has 19 heavy (non-hydrogen) atoms. The Morgan fingerprint density at radius 3 is 2.58 bits per heavy atom. The molecule has 1 heterocycles. The molecule has 0 N–H and O–H groups in total. The first-order chi connectivity index (χ1) is 9.26. The Labute approximate surface area is 115 Å². The van der Waals surface area contributed by atoms with E-state index in [0.29, 0.717) is 0 Å². The molecule has 2 aromatic carbocycles. The standard InChI is InChI=1S/C17H16BN/c1-18-9-8-16-11-15(6-7-17(16)18)10-13-2-4-14(12-19)5-3-13/h2-7,11H,8-10H2,1H3. The molecule has 2 heteroatoms. The highest BCUT2D eigenvalue weighted by Crippen LogP contribution is 2.18. The van der Waals surface area contributed by atoms with Gasteiger partial charge in [-0.2, -0.15) is 5.26 Å². The van der Waals surface area contributed by atoms with Crippen LogP contribution in [0.2, 0.25) is 13.1 Å². The summed E-state index contributed by atoms with van der Waals surface area (Å²) in [6.45, 7) is 3.03. The summed E-state index contributed by atoms with van der Waals surface area (Å²) in [4.78, 5) is 0. The van der Waals surface area contributed by atoms with Gasteiger partial charge >= 0.3 is 0 Å². The van der Waals surface area contributed by atoms with Crippen LogP contribution < -0.4 is 5.46 Å². The van der Waals surface area contributed by atoms with E-state index in [-0.39, 0.29) is 0 Å². The van der Waals surface area contributed by atoms with Gasteiger partial charge in [-0.15, -0.1) is 0 Å². The summed E-state index contributed by atoms with van der Waals surface area (Å²) in [5.41, 5.74) is 6.43. The predicted octanol–water partition coefficient (Wildman–Crippen LogP) is 3.04. The van der Waals surface area contributed by atoms with Crippen LogP contribution in [0.25, 0.3) is 0 Å². The summed E-state index contributed by atoms with van der Waals surface area (Å²) in [7, 11) is 0. The highest BCUT2D eigenvalue weighted by atomic mass is 14.2. The van der Waals surface area contributed by atoms with Crippen LogP contribution in [0.4, 0.5) is 0 Å². The van der Waals surface area contributed by atoms with E-state index >= 15 is 0 Å². The molecular formula is C17H16BN. The van der Waals surface area contributed by atoms with E-state index in [9.17, 15) is 0 Å². The van der Waals surface area contributed by atoms with E-state index in [0.717, 1.165) is 18.7 Å². The van der Waals surface area contributed by atoms with Gasteiger partial charge in [-0.05, 0) is 36.1 Å². The number of fused-ring (bicyclic) bond motifs is 1. The lowest BCUT2D eigenvalue weighted by molar-refractivity contribution is 1.13. The van der Waals surface area contributed by atoms with Crippen molar-refractivity contribution in [2.24, 2.45) is 0 Å². The van der Waals surface area contributed by atoms with Crippen molar-refractivity contribution in [1.82, 2.24) is 0 Å².